The first kappa shape index (κ1) is 19.9. The number of rotatable bonds is 6. The Morgan fingerprint density at radius 3 is 2.66 bits per heavy atom. The number of halogens is 3. The minimum atomic E-state index is -4.49. The molecule has 0 fully saturated rings. The third kappa shape index (κ3) is 4.89. The van der Waals surface area contributed by atoms with Crippen LogP contribution in [0.4, 0.5) is 24.5 Å². The van der Waals surface area contributed by atoms with Crippen LogP contribution in [0.25, 0.3) is 0 Å². The SMILES string of the molecule is O=C(Nc1ccccc1[N+](=O)[O-])c1ccn(COc2cccc(C(F)(F)F)c2)n1. The number of carbonyl (C=O) groups excluding carboxylic acids is 1. The molecule has 0 atom stereocenters. The van der Waals surface area contributed by atoms with E-state index in [9.17, 15) is 28.1 Å². The van der Waals surface area contributed by atoms with Crippen molar-refractivity contribution < 1.29 is 27.6 Å². The first-order chi connectivity index (χ1) is 13.7. The van der Waals surface area contributed by atoms with Gasteiger partial charge < -0.3 is 10.1 Å². The van der Waals surface area contributed by atoms with Crippen molar-refractivity contribution in [3.8, 4) is 5.75 Å². The lowest BCUT2D eigenvalue weighted by Crippen LogP contribution is -2.15. The lowest BCUT2D eigenvalue weighted by molar-refractivity contribution is -0.383. The maximum atomic E-state index is 12.7. The summed E-state index contributed by atoms with van der Waals surface area (Å²) in [7, 11) is 0. The Kier molecular flexibility index (Phi) is 5.48. The standard InChI is InChI=1S/C18H13F3N4O4/c19-18(20,21)12-4-3-5-13(10-12)29-11-24-9-8-15(23-24)17(26)22-14-6-1-2-7-16(14)25(27)28/h1-10H,11H2,(H,22,26). The molecule has 0 aliphatic carbocycles. The van der Waals surface area contributed by atoms with Crippen molar-refractivity contribution in [2.75, 3.05) is 5.32 Å². The van der Waals surface area contributed by atoms with Crippen LogP contribution in [-0.4, -0.2) is 20.6 Å². The number of nitro benzene ring substituents is 1. The van der Waals surface area contributed by atoms with E-state index in [1.165, 1.54) is 53.3 Å². The number of nitrogens with one attached hydrogen (secondary N) is 1. The van der Waals surface area contributed by atoms with Crippen LogP contribution >= 0.6 is 0 Å². The van der Waals surface area contributed by atoms with Crippen LogP contribution in [0.2, 0.25) is 0 Å². The van der Waals surface area contributed by atoms with E-state index < -0.39 is 22.6 Å². The van der Waals surface area contributed by atoms with E-state index in [4.69, 9.17) is 4.74 Å². The molecule has 1 heterocycles. The second kappa shape index (κ2) is 8.00. The van der Waals surface area contributed by atoms with Gasteiger partial charge in [0.25, 0.3) is 11.6 Å². The Morgan fingerprint density at radius 1 is 1.17 bits per heavy atom. The fraction of sp³-hybridized carbons (Fsp3) is 0.111. The third-order valence-electron chi connectivity index (χ3n) is 3.75. The molecule has 8 nitrogen and oxygen atoms in total. The van der Waals surface area contributed by atoms with Gasteiger partial charge in [0.05, 0.1) is 10.5 Å². The molecule has 1 aromatic heterocycles. The maximum absolute atomic E-state index is 12.7. The molecule has 3 aromatic rings. The predicted molar refractivity (Wildman–Crippen MR) is 95.3 cm³/mol. The molecule has 1 N–H and O–H groups in total. The first-order valence-electron chi connectivity index (χ1n) is 8.12. The van der Waals surface area contributed by atoms with Crippen LogP contribution in [0.5, 0.6) is 5.75 Å². The lowest BCUT2D eigenvalue weighted by atomic mass is 10.2. The van der Waals surface area contributed by atoms with Gasteiger partial charge in [-0.3, -0.25) is 14.9 Å². The van der Waals surface area contributed by atoms with Crippen molar-refractivity contribution in [1.29, 1.82) is 0 Å². The molecule has 150 valence electrons. The largest absolute Gasteiger partial charge is 0.471 e. The molecule has 2 aromatic carbocycles. The summed E-state index contributed by atoms with van der Waals surface area (Å²) >= 11 is 0. The second-order valence-electron chi connectivity index (χ2n) is 5.77. The van der Waals surface area contributed by atoms with Crippen molar-refractivity contribution in [1.82, 2.24) is 9.78 Å². The Hall–Kier alpha value is -3.89. The molecular weight excluding hydrogens is 393 g/mol. The number of benzene rings is 2. The van der Waals surface area contributed by atoms with Gasteiger partial charge in [-0.25, -0.2) is 4.68 Å². The van der Waals surface area contributed by atoms with E-state index in [0.717, 1.165) is 12.1 Å². The fourth-order valence-corrected chi connectivity index (χ4v) is 2.38. The zero-order chi connectivity index (χ0) is 21.0. The molecule has 0 aliphatic rings. The zero-order valence-electron chi connectivity index (χ0n) is 14.6. The second-order valence-corrected chi connectivity index (χ2v) is 5.77. The van der Waals surface area contributed by atoms with E-state index in [2.05, 4.69) is 10.4 Å². The highest BCUT2D eigenvalue weighted by Gasteiger charge is 2.30. The predicted octanol–water partition coefficient (Wildman–Crippen LogP) is 4.10. The minimum Gasteiger partial charge on any atom is -0.471 e. The Labute approximate surface area is 161 Å². The molecule has 0 unspecified atom stereocenters. The van der Waals surface area contributed by atoms with Crippen molar-refractivity contribution in [2.45, 2.75) is 12.9 Å². The topological polar surface area (TPSA) is 99.3 Å². The number of nitrogens with zero attached hydrogens (tertiary/aromatic N) is 3. The molecular formula is C18H13F3N4O4. The number of para-hydroxylation sites is 2. The summed E-state index contributed by atoms with van der Waals surface area (Å²) in [6, 6.07) is 11.3. The number of nitro groups is 1. The summed E-state index contributed by atoms with van der Waals surface area (Å²) < 4.78 is 44.6. The van der Waals surface area contributed by atoms with E-state index in [-0.39, 0.29) is 29.5 Å². The van der Waals surface area contributed by atoms with E-state index >= 15 is 0 Å². The van der Waals surface area contributed by atoms with Crippen LogP contribution in [0.1, 0.15) is 16.1 Å². The Bertz CT molecular complexity index is 1050. The van der Waals surface area contributed by atoms with Gasteiger partial charge in [-0.1, -0.05) is 18.2 Å². The van der Waals surface area contributed by atoms with Crippen molar-refractivity contribution >= 4 is 17.3 Å². The number of aromatic nitrogens is 2. The van der Waals surface area contributed by atoms with E-state index in [1.54, 1.807) is 0 Å². The Balaban J connectivity index is 1.65. The summed E-state index contributed by atoms with van der Waals surface area (Å²) in [5, 5.41) is 17.3. The van der Waals surface area contributed by atoms with Crippen LogP contribution in [0, 0.1) is 10.1 Å². The molecule has 29 heavy (non-hydrogen) atoms. The van der Waals surface area contributed by atoms with Crippen molar-refractivity contribution in [3.63, 3.8) is 0 Å². The van der Waals surface area contributed by atoms with Gasteiger partial charge in [-0.05, 0) is 30.3 Å². The van der Waals surface area contributed by atoms with E-state index in [1.807, 2.05) is 0 Å². The van der Waals surface area contributed by atoms with Crippen molar-refractivity contribution in [3.05, 3.63) is 82.2 Å². The monoisotopic (exact) mass is 406 g/mol. The maximum Gasteiger partial charge on any atom is 0.416 e. The molecule has 0 saturated carbocycles. The Morgan fingerprint density at radius 2 is 1.93 bits per heavy atom. The number of alkyl halides is 3. The molecule has 3 rings (SSSR count). The molecule has 11 heteroatoms. The summed E-state index contributed by atoms with van der Waals surface area (Å²) in [5.74, 6) is -0.696. The highest BCUT2D eigenvalue weighted by Crippen LogP contribution is 2.31. The smallest absolute Gasteiger partial charge is 0.416 e. The summed E-state index contributed by atoms with van der Waals surface area (Å²) in [4.78, 5) is 22.6. The highest BCUT2D eigenvalue weighted by molar-refractivity contribution is 6.04. The first-order valence-corrected chi connectivity index (χ1v) is 8.12. The zero-order valence-corrected chi connectivity index (χ0v) is 14.6. The van der Waals surface area contributed by atoms with Crippen LogP contribution in [0.3, 0.4) is 0 Å². The van der Waals surface area contributed by atoms with Gasteiger partial charge in [-0.15, -0.1) is 0 Å². The van der Waals surface area contributed by atoms with Gasteiger partial charge >= 0.3 is 6.18 Å². The van der Waals surface area contributed by atoms with Gasteiger partial charge in [0.15, 0.2) is 12.4 Å². The lowest BCUT2D eigenvalue weighted by Gasteiger charge is -2.10. The molecule has 0 radical (unpaired) electrons. The van der Waals surface area contributed by atoms with E-state index in [0.29, 0.717) is 0 Å². The van der Waals surface area contributed by atoms with Crippen LogP contribution < -0.4 is 10.1 Å². The summed E-state index contributed by atoms with van der Waals surface area (Å²) in [6.45, 7) is -0.236. The number of hydrogen-bond acceptors (Lipinski definition) is 5. The van der Waals surface area contributed by atoms with Crippen molar-refractivity contribution in [2.24, 2.45) is 0 Å². The normalized spacial score (nSPS) is 11.1. The number of amides is 1. The summed E-state index contributed by atoms with van der Waals surface area (Å²) in [5.41, 5.74) is -1.15. The third-order valence-corrected chi connectivity index (χ3v) is 3.75. The average Bonchev–Trinajstić information content (AvgIpc) is 3.15. The molecule has 0 bridgehead atoms. The fourth-order valence-electron chi connectivity index (χ4n) is 2.38. The van der Waals surface area contributed by atoms with Crippen LogP contribution in [-0.2, 0) is 12.9 Å². The van der Waals surface area contributed by atoms with Gasteiger partial charge in [0, 0.05) is 12.3 Å². The molecule has 1 amide bonds. The number of hydrogen-bond donors (Lipinski definition) is 1. The number of anilines is 1. The molecule has 0 aliphatic heterocycles. The summed E-state index contributed by atoms with van der Waals surface area (Å²) in [6.07, 6.45) is -3.10. The van der Waals surface area contributed by atoms with Gasteiger partial charge in [-0.2, -0.15) is 18.3 Å². The molecule has 0 spiro atoms. The number of carbonyl (C=O) groups is 1. The van der Waals surface area contributed by atoms with Gasteiger partial charge in [0.1, 0.15) is 11.4 Å². The molecule has 0 saturated heterocycles. The quantitative estimate of drug-likeness (QED) is 0.491. The highest BCUT2D eigenvalue weighted by atomic mass is 19.4. The van der Waals surface area contributed by atoms with Gasteiger partial charge in [0.2, 0.25) is 0 Å². The minimum absolute atomic E-state index is 0.0114. The average molecular weight is 406 g/mol. The van der Waals surface area contributed by atoms with Crippen LogP contribution in [0.15, 0.2) is 60.8 Å². The number of ether oxygens (including phenoxy) is 1.